The highest BCUT2D eigenvalue weighted by atomic mass is 16.6. The fourth-order valence-corrected chi connectivity index (χ4v) is 0.606. The number of hydrogen-bond acceptors (Lipinski definition) is 4. The van der Waals surface area contributed by atoms with E-state index in [1.54, 1.807) is 6.92 Å². The summed E-state index contributed by atoms with van der Waals surface area (Å²) in [6.07, 6.45) is 0.737. The van der Waals surface area contributed by atoms with Gasteiger partial charge in [-0.15, -0.1) is 5.10 Å². The second-order valence-corrected chi connectivity index (χ2v) is 1.82. The van der Waals surface area contributed by atoms with E-state index >= 15 is 0 Å². The van der Waals surface area contributed by atoms with Crippen LogP contribution in [0.3, 0.4) is 0 Å². The summed E-state index contributed by atoms with van der Waals surface area (Å²) in [5, 5.41) is 12.2. The zero-order valence-corrected chi connectivity index (χ0v) is 6.02. The van der Waals surface area contributed by atoms with E-state index in [1.807, 2.05) is 0 Å². The summed E-state index contributed by atoms with van der Waals surface area (Å²) in [6, 6.07) is 1.30. The van der Waals surface area contributed by atoms with Crippen LogP contribution < -0.4 is 0 Å². The Morgan fingerprint density at radius 1 is 1.91 bits per heavy atom. The van der Waals surface area contributed by atoms with Crippen LogP contribution in [0.2, 0.25) is 0 Å². The fourth-order valence-electron chi connectivity index (χ4n) is 0.606. The summed E-state index contributed by atoms with van der Waals surface area (Å²) in [6.45, 7) is 1.99. The van der Waals surface area contributed by atoms with E-state index in [2.05, 4.69) is 9.84 Å². The van der Waals surface area contributed by atoms with Crippen molar-refractivity contribution in [1.29, 1.82) is 0 Å². The van der Waals surface area contributed by atoms with Gasteiger partial charge in [0.15, 0.2) is 0 Å². The van der Waals surface area contributed by atoms with Crippen molar-refractivity contribution in [3.05, 3.63) is 12.3 Å². The highest BCUT2D eigenvalue weighted by Gasteiger charge is 2.05. The lowest BCUT2D eigenvalue weighted by molar-refractivity contribution is 0.150. The third-order valence-corrected chi connectivity index (χ3v) is 1.03. The molecule has 1 N–H and O–H groups in total. The Morgan fingerprint density at radius 2 is 2.64 bits per heavy atom. The molecule has 0 amide bonds. The summed E-state index contributed by atoms with van der Waals surface area (Å²) in [5.41, 5.74) is 0. The molecule has 1 heterocycles. The molecule has 1 rings (SSSR count). The summed E-state index contributed by atoms with van der Waals surface area (Å²) < 4.78 is 5.52. The predicted octanol–water partition coefficient (Wildman–Crippen LogP) is 0.593. The molecule has 0 saturated carbocycles. The van der Waals surface area contributed by atoms with Crippen molar-refractivity contribution in [3.63, 3.8) is 0 Å². The molecule has 11 heavy (non-hydrogen) atoms. The average molecular weight is 156 g/mol. The van der Waals surface area contributed by atoms with E-state index < -0.39 is 6.09 Å². The van der Waals surface area contributed by atoms with Gasteiger partial charge in [-0.25, -0.2) is 4.79 Å². The maximum absolute atomic E-state index is 10.8. The molecule has 1 aromatic heterocycles. The molecule has 0 spiro atoms. The third kappa shape index (κ3) is 1.70. The van der Waals surface area contributed by atoms with Gasteiger partial charge in [-0.05, 0) is 6.92 Å². The van der Waals surface area contributed by atoms with Gasteiger partial charge in [0.05, 0.1) is 6.61 Å². The first-order valence-corrected chi connectivity index (χ1v) is 3.16. The quantitative estimate of drug-likeness (QED) is 0.646. The molecule has 0 aliphatic carbocycles. The van der Waals surface area contributed by atoms with Crippen LogP contribution in [0.4, 0.5) is 4.79 Å². The summed E-state index contributed by atoms with van der Waals surface area (Å²) in [5.74, 6) is -0.196. The van der Waals surface area contributed by atoms with E-state index in [4.69, 9.17) is 5.11 Å². The molecule has 0 saturated heterocycles. The molecule has 0 aliphatic heterocycles. The van der Waals surface area contributed by atoms with Crippen LogP contribution in [0.5, 0.6) is 5.88 Å². The van der Waals surface area contributed by atoms with Crippen LogP contribution in [0.15, 0.2) is 12.3 Å². The lowest BCUT2D eigenvalue weighted by Crippen LogP contribution is -2.13. The molecular formula is C6H8N2O3. The van der Waals surface area contributed by atoms with E-state index in [0.717, 1.165) is 4.68 Å². The standard InChI is InChI=1S/C6H8N2O3/c1-2-11-6(10)8-4-3-5(9)7-8/h3-4H,2H2,1H3,(H,7,9). The zero-order chi connectivity index (χ0) is 8.27. The molecule has 5 nitrogen and oxygen atoms in total. The lowest BCUT2D eigenvalue weighted by Gasteiger charge is -1.98. The molecule has 0 aliphatic rings. The molecule has 0 bridgehead atoms. The van der Waals surface area contributed by atoms with Crippen molar-refractivity contribution in [2.45, 2.75) is 6.92 Å². The van der Waals surface area contributed by atoms with Gasteiger partial charge < -0.3 is 9.84 Å². The number of nitrogens with zero attached hydrogens (tertiary/aromatic N) is 2. The van der Waals surface area contributed by atoms with E-state index in [-0.39, 0.29) is 5.88 Å². The van der Waals surface area contributed by atoms with Crippen molar-refractivity contribution in [1.82, 2.24) is 9.78 Å². The number of carbonyl (C=O) groups excluding carboxylic acids is 1. The normalized spacial score (nSPS) is 9.55. The van der Waals surface area contributed by atoms with Gasteiger partial charge in [0.2, 0.25) is 5.88 Å². The van der Waals surface area contributed by atoms with Crippen molar-refractivity contribution in [3.8, 4) is 5.88 Å². The van der Waals surface area contributed by atoms with Crippen LogP contribution >= 0.6 is 0 Å². The number of hydrogen-bond donors (Lipinski definition) is 1. The molecule has 5 heteroatoms. The smallest absolute Gasteiger partial charge is 0.434 e. The van der Waals surface area contributed by atoms with Gasteiger partial charge in [0, 0.05) is 12.3 Å². The van der Waals surface area contributed by atoms with Crippen LogP contribution in [-0.2, 0) is 4.74 Å². The summed E-state index contributed by atoms with van der Waals surface area (Å²) in [4.78, 5) is 10.8. The predicted molar refractivity (Wildman–Crippen MR) is 36.3 cm³/mol. The summed E-state index contributed by atoms with van der Waals surface area (Å²) >= 11 is 0. The molecular weight excluding hydrogens is 148 g/mol. The van der Waals surface area contributed by atoms with Gasteiger partial charge in [0.25, 0.3) is 0 Å². The minimum absolute atomic E-state index is 0.196. The SMILES string of the molecule is CCOC(=O)n1ccc(O)n1. The topological polar surface area (TPSA) is 64.3 Å². The number of rotatable bonds is 1. The van der Waals surface area contributed by atoms with Crippen molar-refractivity contribution in [2.75, 3.05) is 6.61 Å². The lowest BCUT2D eigenvalue weighted by atomic mass is 10.7. The number of carbonyl (C=O) groups is 1. The Hall–Kier alpha value is -1.52. The average Bonchev–Trinajstić information content (AvgIpc) is 2.36. The Kier molecular flexibility index (Phi) is 2.10. The van der Waals surface area contributed by atoms with Gasteiger partial charge in [-0.3, -0.25) is 0 Å². The minimum atomic E-state index is -0.590. The number of aromatic hydroxyl groups is 1. The van der Waals surface area contributed by atoms with Crippen molar-refractivity contribution < 1.29 is 14.6 Å². The molecule has 0 radical (unpaired) electrons. The Labute approximate surface area is 63.2 Å². The Morgan fingerprint density at radius 3 is 3.09 bits per heavy atom. The fraction of sp³-hybridized carbons (Fsp3) is 0.333. The molecule has 0 unspecified atom stereocenters. The molecule has 1 aromatic rings. The number of aromatic nitrogens is 2. The van der Waals surface area contributed by atoms with Gasteiger partial charge >= 0.3 is 6.09 Å². The Bertz CT molecular complexity index is 256. The zero-order valence-electron chi connectivity index (χ0n) is 6.02. The van der Waals surface area contributed by atoms with Crippen LogP contribution in [0.25, 0.3) is 0 Å². The Balaban J connectivity index is 2.69. The van der Waals surface area contributed by atoms with Crippen LogP contribution in [0.1, 0.15) is 6.92 Å². The third-order valence-electron chi connectivity index (χ3n) is 1.03. The van der Waals surface area contributed by atoms with Crippen molar-refractivity contribution in [2.24, 2.45) is 0 Å². The molecule has 0 aromatic carbocycles. The van der Waals surface area contributed by atoms with Gasteiger partial charge in [0.1, 0.15) is 0 Å². The van der Waals surface area contributed by atoms with Gasteiger partial charge in [-0.2, -0.15) is 4.68 Å². The summed E-state index contributed by atoms with van der Waals surface area (Å²) in [7, 11) is 0. The molecule has 60 valence electrons. The first-order valence-electron chi connectivity index (χ1n) is 3.16. The highest BCUT2D eigenvalue weighted by Crippen LogP contribution is 2.01. The van der Waals surface area contributed by atoms with Crippen LogP contribution in [-0.4, -0.2) is 27.6 Å². The van der Waals surface area contributed by atoms with E-state index in [0.29, 0.717) is 6.61 Å². The minimum Gasteiger partial charge on any atom is -0.492 e. The highest BCUT2D eigenvalue weighted by molar-refractivity contribution is 5.69. The van der Waals surface area contributed by atoms with E-state index in [1.165, 1.54) is 12.3 Å². The monoisotopic (exact) mass is 156 g/mol. The maximum atomic E-state index is 10.8. The van der Waals surface area contributed by atoms with E-state index in [9.17, 15) is 4.79 Å². The molecule has 0 atom stereocenters. The number of ether oxygens (including phenoxy) is 1. The first kappa shape index (κ1) is 7.59. The first-order chi connectivity index (χ1) is 5.24. The molecule has 0 fully saturated rings. The maximum Gasteiger partial charge on any atom is 0.434 e. The second-order valence-electron chi connectivity index (χ2n) is 1.82. The van der Waals surface area contributed by atoms with Gasteiger partial charge in [-0.1, -0.05) is 0 Å². The largest absolute Gasteiger partial charge is 0.492 e. The second kappa shape index (κ2) is 3.05. The van der Waals surface area contributed by atoms with Crippen LogP contribution in [0, 0.1) is 0 Å². The van der Waals surface area contributed by atoms with Crippen molar-refractivity contribution >= 4 is 6.09 Å².